The third-order valence-electron chi connectivity index (χ3n) is 4.99. The second kappa shape index (κ2) is 7.94. The first-order chi connectivity index (χ1) is 14.9. The molecule has 4 rings (SSSR count). The summed E-state index contributed by atoms with van der Waals surface area (Å²) in [5, 5.41) is 6.87. The topological polar surface area (TPSA) is 100 Å². The minimum Gasteiger partial charge on any atom is -0.497 e. The van der Waals surface area contributed by atoms with Crippen LogP contribution in [0.15, 0.2) is 64.3 Å². The molecule has 158 valence electrons. The number of fused-ring (bicyclic) bond motifs is 1. The number of aromatic nitrogens is 4. The molecule has 0 bridgehead atoms. The summed E-state index contributed by atoms with van der Waals surface area (Å²) in [6, 6.07) is 13.9. The number of methoxy groups -OCH3 is 1. The summed E-state index contributed by atoms with van der Waals surface area (Å²) < 4.78 is 8.87. The van der Waals surface area contributed by atoms with Crippen LogP contribution < -0.4 is 21.3 Å². The van der Waals surface area contributed by atoms with Gasteiger partial charge in [0.2, 0.25) is 5.91 Å². The summed E-state index contributed by atoms with van der Waals surface area (Å²) in [7, 11) is 3.16. The number of nitrogens with zero attached hydrogens (tertiary/aromatic N) is 4. The summed E-state index contributed by atoms with van der Waals surface area (Å²) >= 11 is 0. The number of anilines is 1. The highest BCUT2D eigenvalue weighted by Gasteiger charge is 2.19. The largest absolute Gasteiger partial charge is 0.497 e. The van der Waals surface area contributed by atoms with Gasteiger partial charge in [0.25, 0.3) is 5.56 Å². The van der Waals surface area contributed by atoms with Gasteiger partial charge in [-0.3, -0.25) is 18.8 Å². The molecular formula is C22H21N5O4. The summed E-state index contributed by atoms with van der Waals surface area (Å²) in [6.45, 7) is 1.63. The van der Waals surface area contributed by atoms with Crippen LogP contribution in [0, 0.1) is 6.92 Å². The van der Waals surface area contributed by atoms with Gasteiger partial charge in [-0.15, -0.1) is 0 Å². The molecule has 9 heteroatoms. The lowest BCUT2D eigenvalue weighted by molar-refractivity contribution is -0.116. The van der Waals surface area contributed by atoms with E-state index in [-0.39, 0.29) is 12.1 Å². The van der Waals surface area contributed by atoms with Gasteiger partial charge >= 0.3 is 5.69 Å². The number of ether oxygens (including phenoxy) is 1. The van der Waals surface area contributed by atoms with Crippen LogP contribution in [0.2, 0.25) is 0 Å². The molecule has 0 aliphatic carbocycles. The standard InChI is InChI=1S/C22H21N5O4/c1-14-7-9-16(10-8-14)27-21(29)20-18(12-23-25(20)2)26(22(27)30)13-19(28)24-15-5-4-6-17(11-15)31-3/h4-12H,13H2,1-3H3,(H,24,28). The molecule has 31 heavy (non-hydrogen) atoms. The van der Waals surface area contributed by atoms with E-state index in [1.54, 1.807) is 43.4 Å². The van der Waals surface area contributed by atoms with Crippen molar-refractivity contribution in [1.29, 1.82) is 0 Å². The number of nitrogens with one attached hydrogen (secondary N) is 1. The lowest BCUT2D eigenvalue weighted by Crippen LogP contribution is -2.41. The predicted octanol–water partition coefficient (Wildman–Crippen LogP) is 1.84. The maximum atomic E-state index is 13.3. The van der Waals surface area contributed by atoms with E-state index >= 15 is 0 Å². The van der Waals surface area contributed by atoms with E-state index < -0.39 is 17.2 Å². The molecule has 0 fully saturated rings. The zero-order valence-electron chi connectivity index (χ0n) is 17.3. The van der Waals surface area contributed by atoms with Crippen molar-refractivity contribution in [2.24, 2.45) is 7.05 Å². The summed E-state index contributed by atoms with van der Waals surface area (Å²) in [4.78, 5) is 39.1. The number of rotatable bonds is 5. The molecule has 9 nitrogen and oxygen atoms in total. The van der Waals surface area contributed by atoms with Crippen LogP contribution in [0.5, 0.6) is 5.75 Å². The van der Waals surface area contributed by atoms with Crippen molar-refractivity contribution in [3.63, 3.8) is 0 Å². The highest BCUT2D eigenvalue weighted by molar-refractivity contribution is 5.91. The number of carbonyl (C=O) groups is 1. The molecule has 1 N–H and O–H groups in total. The monoisotopic (exact) mass is 419 g/mol. The van der Waals surface area contributed by atoms with Gasteiger partial charge in [0.05, 0.1) is 24.5 Å². The fraction of sp³-hybridized carbons (Fsp3) is 0.182. The lowest BCUT2D eigenvalue weighted by Gasteiger charge is -2.13. The Hall–Kier alpha value is -4.14. The van der Waals surface area contributed by atoms with Crippen LogP contribution in [0.3, 0.4) is 0 Å². The predicted molar refractivity (Wildman–Crippen MR) is 117 cm³/mol. The molecule has 0 spiro atoms. The molecule has 4 aromatic rings. The lowest BCUT2D eigenvalue weighted by atomic mass is 10.2. The van der Waals surface area contributed by atoms with Gasteiger partial charge in [0.1, 0.15) is 12.3 Å². The molecular weight excluding hydrogens is 398 g/mol. The van der Waals surface area contributed by atoms with E-state index in [2.05, 4.69) is 10.4 Å². The average molecular weight is 419 g/mol. The second-order valence-electron chi connectivity index (χ2n) is 7.13. The molecule has 2 heterocycles. The van der Waals surface area contributed by atoms with Gasteiger partial charge in [-0.05, 0) is 31.2 Å². The number of benzene rings is 2. The van der Waals surface area contributed by atoms with Crippen molar-refractivity contribution >= 4 is 22.6 Å². The van der Waals surface area contributed by atoms with Crippen molar-refractivity contribution in [2.45, 2.75) is 13.5 Å². The van der Waals surface area contributed by atoms with Crippen LogP contribution in [0.1, 0.15) is 5.56 Å². The Morgan fingerprint density at radius 3 is 2.58 bits per heavy atom. The molecule has 0 unspecified atom stereocenters. The third kappa shape index (κ3) is 3.73. The fourth-order valence-corrected chi connectivity index (χ4v) is 3.41. The summed E-state index contributed by atoms with van der Waals surface area (Å²) in [5.41, 5.74) is 1.37. The van der Waals surface area contributed by atoms with Gasteiger partial charge < -0.3 is 10.1 Å². The molecule has 1 amide bonds. The van der Waals surface area contributed by atoms with Crippen LogP contribution in [0.4, 0.5) is 5.69 Å². The molecule has 2 aromatic heterocycles. The zero-order chi connectivity index (χ0) is 22.1. The Morgan fingerprint density at radius 2 is 1.87 bits per heavy atom. The maximum Gasteiger partial charge on any atom is 0.336 e. The first-order valence-corrected chi connectivity index (χ1v) is 9.57. The van der Waals surface area contributed by atoms with E-state index in [9.17, 15) is 14.4 Å². The number of hydrogen-bond donors (Lipinski definition) is 1. The quantitative estimate of drug-likeness (QED) is 0.532. The second-order valence-corrected chi connectivity index (χ2v) is 7.13. The number of amides is 1. The van der Waals surface area contributed by atoms with E-state index in [0.29, 0.717) is 22.6 Å². The zero-order valence-corrected chi connectivity index (χ0v) is 17.3. The minimum atomic E-state index is -0.616. The Kier molecular flexibility index (Phi) is 5.16. The smallest absolute Gasteiger partial charge is 0.336 e. The Balaban J connectivity index is 1.80. The van der Waals surface area contributed by atoms with Crippen molar-refractivity contribution in [3.05, 3.63) is 81.1 Å². The van der Waals surface area contributed by atoms with E-state index in [1.807, 2.05) is 19.1 Å². The third-order valence-corrected chi connectivity index (χ3v) is 4.99. The van der Waals surface area contributed by atoms with Crippen molar-refractivity contribution < 1.29 is 9.53 Å². The Labute approximate surface area is 177 Å². The van der Waals surface area contributed by atoms with Crippen molar-refractivity contribution in [2.75, 3.05) is 12.4 Å². The maximum absolute atomic E-state index is 13.3. The van der Waals surface area contributed by atoms with Gasteiger partial charge in [-0.2, -0.15) is 5.10 Å². The van der Waals surface area contributed by atoms with Gasteiger partial charge in [-0.1, -0.05) is 23.8 Å². The molecule has 0 radical (unpaired) electrons. The molecule has 0 saturated heterocycles. The molecule has 0 saturated carbocycles. The van der Waals surface area contributed by atoms with Crippen LogP contribution in [-0.2, 0) is 18.4 Å². The number of aryl methyl sites for hydroxylation is 2. The Morgan fingerprint density at radius 1 is 1.13 bits per heavy atom. The van der Waals surface area contributed by atoms with Crippen LogP contribution in [0.25, 0.3) is 16.7 Å². The Bertz CT molecular complexity index is 1400. The molecule has 0 aliphatic heterocycles. The highest BCUT2D eigenvalue weighted by atomic mass is 16.5. The van der Waals surface area contributed by atoms with E-state index in [4.69, 9.17) is 4.74 Å². The first kappa shape index (κ1) is 20.1. The van der Waals surface area contributed by atoms with Crippen molar-refractivity contribution in [3.8, 4) is 11.4 Å². The van der Waals surface area contributed by atoms with Gasteiger partial charge in [0.15, 0.2) is 5.52 Å². The fourth-order valence-electron chi connectivity index (χ4n) is 3.41. The molecule has 2 aromatic carbocycles. The summed E-state index contributed by atoms with van der Waals surface area (Å²) in [5.74, 6) is 0.173. The SMILES string of the molecule is COc1cccc(NC(=O)Cn2c(=O)n(-c3ccc(C)cc3)c(=O)c3c2cnn3C)c1. The minimum absolute atomic E-state index is 0.231. The van der Waals surface area contributed by atoms with E-state index in [0.717, 1.165) is 10.1 Å². The number of hydrogen-bond acceptors (Lipinski definition) is 5. The van der Waals surface area contributed by atoms with Gasteiger partial charge in [-0.25, -0.2) is 9.36 Å². The van der Waals surface area contributed by atoms with E-state index in [1.165, 1.54) is 22.6 Å². The molecule has 0 aliphatic rings. The highest BCUT2D eigenvalue weighted by Crippen LogP contribution is 2.17. The van der Waals surface area contributed by atoms with Crippen molar-refractivity contribution in [1.82, 2.24) is 18.9 Å². The average Bonchev–Trinajstić information content (AvgIpc) is 3.14. The van der Waals surface area contributed by atoms with Crippen LogP contribution >= 0.6 is 0 Å². The number of carbonyl (C=O) groups excluding carboxylic acids is 1. The normalized spacial score (nSPS) is 10.9. The van der Waals surface area contributed by atoms with Crippen LogP contribution in [-0.4, -0.2) is 31.9 Å². The summed E-state index contributed by atoms with van der Waals surface area (Å²) in [6.07, 6.45) is 1.41. The first-order valence-electron chi connectivity index (χ1n) is 9.57. The van der Waals surface area contributed by atoms with Gasteiger partial charge in [0, 0.05) is 18.8 Å². The molecule has 0 atom stereocenters.